The lowest BCUT2D eigenvalue weighted by Crippen LogP contribution is -2.30. The van der Waals surface area contributed by atoms with E-state index < -0.39 is 0 Å². The van der Waals surface area contributed by atoms with Gasteiger partial charge in [0, 0.05) is 24.3 Å². The molecule has 1 aromatic carbocycles. The Hall–Kier alpha value is -1.61. The molecule has 3 heteroatoms. The van der Waals surface area contributed by atoms with Crippen molar-refractivity contribution in [3.8, 4) is 11.1 Å². The molecule has 19 heavy (non-hydrogen) atoms. The van der Waals surface area contributed by atoms with Crippen LogP contribution in [0.3, 0.4) is 0 Å². The number of rotatable bonds is 7. The molecule has 102 valence electrons. The number of hydrogen-bond acceptors (Lipinski definition) is 2. The van der Waals surface area contributed by atoms with Gasteiger partial charge in [0.2, 0.25) is 0 Å². The maximum absolute atomic E-state index is 4.42. The molecule has 0 aliphatic heterocycles. The molecule has 0 aliphatic rings. The predicted octanol–water partition coefficient (Wildman–Crippen LogP) is 3.33. The molecule has 0 bridgehead atoms. The fraction of sp³-hybridized carbons (Fsp3) is 0.438. The number of aromatic nitrogens is 2. The van der Waals surface area contributed by atoms with E-state index in [0.29, 0.717) is 6.04 Å². The van der Waals surface area contributed by atoms with E-state index in [9.17, 15) is 0 Å². The van der Waals surface area contributed by atoms with Gasteiger partial charge in [-0.25, -0.2) is 0 Å². The molecule has 0 saturated carbocycles. The lowest BCUT2D eigenvalue weighted by Gasteiger charge is -2.14. The monoisotopic (exact) mass is 257 g/mol. The highest BCUT2D eigenvalue weighted by Crippen LogP contribution is 2.17. The van der Waals surface area contributed by atoms with E-state index in [4.69, 9.17) is 0 Å². The van der Waals surface area contributed by atoms with Crippen LogP contribution in [0.25, 0.3) is 11.1 Å². The van der Waals surface area contributed by atoms with Gasteiger partial charge in [0.15, 0.2) is 0 Å². The molecule has 2 aromatic rings. The Labute approximate surface area is 115 Å². The molecule has 3 nitrogen and oxygen atoms in total. The third-order valence-electron chi connectivity index (χ3n) is 3.50. The van der Waals surface area contributed by atoms with Crippen LogP contribution in [0.5, 0.6) is 0 Å². The zero-order valence-corrected chi connectivity index (χ0v) is 11.8. The van der Waals surface area contributed by atoms with Crippen LogP contribution in [0.2, 0.25) is 0 Å². The summed E-state index contributed by atoms with van der Waals surface area (Å²) in [5, 5.41) is 7.97. The Kier molecular flexibility index (Phi) is 5.16. The SMILES string of the molecule is CCC(CC)NCCn1cc(-c2ccccc2)cn1. The minimum Gasteiger partial charge on any atom is -0.312 e. The standard InChI is InChI=1S/C16H23N3/c1-3-16(4-2)17-10-11-19-13-15(12-18-19)14-8-6-5-7-9-14/h5-9,12-13,16-17H,3-4,10-11H2,1-2H3. The third kappa shape index (κ3) is 3.93. The second-order valence-electron chi connectivity index (χ2n) is 4.83. The molecule has 0 saturated heterocycles. The van der Waals surface area contributed by atoms with Crippen LogP contribution in [0.1, 0.15) is 26.7 Å². The zero-order chi connectivity index (χ0) is 13.5. The van der Waals surface area contributed by atoms with Gasteiger partial charge in [-0.15, -0.1) is 0 Å². The smallest absolute Gasteiger partial charge is 0.0568 e. The van der Waals surface area contributed by atoms with Gasteiger partial charge < -0.3 is 5.32 Å². The third-order valence-corrected chi connectivity index (χ3v) is 3.50. The van der Waals surface area contributed by atoms with Crippen molar-refractivity contribution in [2.45, 2.75) is 39.3 Å². The van der Waals surface area contributed by atoms with Crippen molar-refractivity contribution in [2.75, 3.05) is 6.54 Å². The zero-order valence-electron chi connectivity index (χ0n) is 11.8. The lowest BCUT2D eigenvalue weighted by atomic mass is 10.1. The van der Waals surface area contributed by atoms with Crippen molar-refractivity contribution in [2.24, 2.45) is 0 Å². The number of benzene rings is 1. The summed E-state index contributed by atoms with van der Waals surface area (Å²) < 4.78 is 2.01. The van der Waals surface area contributed by atoms with Crippen molar-refractivity contribution < 1.29 is 0 Å². The Balaban J connectivity index is 1.88. The average molecular weight is 257 g/mol. The quantitative estimate of drug-likeness (QED) is 0.824. The Morgan fingerprint density at radius 3 is 2.53 bits per heavy atom. The maximum atomic E-state index is 4.42. The largest absolute Gasteiger partial charge is 0.312 e. The Morgan fingerprint density at radius 2 is 1.84 bits per heavy atom. The van der Waals surface area contributed by atoms with Gasteiger partial charge in [-0.1, -0.05) is 44.2 Å². The van der Waals surface area contributed by atoms with Crippen molar-refractivity contribution in [3.63, 3.8) is 0 Å². The highest BCUT2D eigenvalue weighted by Gasteiger charge is 2.03. The second-order valence-corrected chi connectivity index (χ2v) is 4.83. The van der Waals surface area contributed by atoms with Crippen molar-refractivity contribution in [1.82, 2.24) is 15.1 Å². The van der Waals surface area contributed by atoms with Crippen LogP contribution in [-0.2, 0) is 6.54 Å². The Bertz CT molecular complexity index is 472. The Morgan fingerprint density at radius 1 is 1.11 bits per heavy atom. The summed E-state index contributed by atoms with van der Waals surface area (Å²) in [6.07, 6.45) is 6.42. The molecule has 0 radical (unpaired) electrons. The van der Waals surface area contributed by atoms with Crippen LogP contribution < -0.4 is 5.32 Å². The minimum absolute atomic E-state index is 0.629. The van der Waals surface area contributed by atoms with Crippen LogP contribution in [-0.4, -0.2) is 22.4 Å². The average Bonchev–Trinajstić information content (AvgIpc) is 2.93. The van der Waals surface area contributed by atoms with E-state index in [-0.39, 0.29) is 0 Å². The molecule has 1 heterocycles. The second kappa shape index (κ2) is 7.10. The fourth-order valence-electron chi connectivity index (χ4n) is 2.23. The molecule has 1 N–H and O–H groups in total. The molecular weight excluding hydrogens is 234 g/mol. The summed E-state index contributed by atoms with van der Waals surface area (Å²) >= 11 is 0. The van der Waals surface area contributed by atoms with Gasteiger partial charge in [-0.2, -0.15) is 5.10 Å². The molecule has 0 aliphatic carbocycles. The summed E-state index contributed by atoms with van der Waals surface area (Å²) in [4.78, 5) is 0. The number of hydrogen-bond donors (Lipinski definition) is 1. The van der Waals surface area contributed by atoms with Crippen molar-refractivity contribution >= 4 is 0 Å². The first kappa shape index (κ1) is 13.8. The molecule has 0 amide bonds. The van der Waals surface area contributed by atoms with E-state index in [0.717, 1.165) is 13.1 Å². The normalized spacial score (nSPS) is 11.1. The van der Waals surface area contributed by atoms with Crippen LogP contribution in [0, 0.1) is 0 Å². The van der Waals surface area contributed by atoms with Gasteiger partial charge in [-0.3, -0.25) is 4.68 Å². The number of nitrogens with zero attached hydrogens (tertiary/aromatic N) is 2. The molecule has 0 spiro atoms. The van der Waals surface area contributed by atoms with E-state index in [1.807, 2.05) is 16.9 Å². The topological polar surface area (TPSA) is 29.9 Å². The van der Waals surface area contributed by atoms with Gasteiger partial charge in [0.1, 0.15) is 0 Å². The van der Waals surface area contributed by atoms with Gasteiger partial charge in [0.25, 0.3) is 0 Å². The van der Waals surface area contributed by atoms with Crippen LogP contribution in [0.4, 0.5) is 0 Å². The summed E-state index contributed by atoms with van der Waals surface area (Å²) in [7, 11) is 0. The first-order valence-electron chi connectivity index (χ1n) is 7.14. The lowest BCUT2D eigenvalue weighted by molar-refractivity contribution is 0.454. The van der Waals surface area contributed by atoms with Crippen molar-refractivity contribution in [1.29, 1.82) is 0 Å². The minimum atomic E-state index is 0.629. The van der Waals surface area contributed by atoms with E-state index in [1.165, 1.54) is 24.0 Å². The van der Waals surface area contributed by atoms with E-state index in [2.05, 4.69) is 54.7 Å². The van der Waals surface area contributed by atoms with Gasteiger partial charge >= 0.3 is 0 Å². The van der Waals surface area contributed by atoms with E-state index in [1.54, 1.807) is 0 Å². The molecule has 0 fully saturated rings. The molecule has 2 rings (SSSR count). The maximum Gasteiger partial charge on any atom is 0.0568 e. The molecule has 1 aromatic heterocycles. The number of nitrogens with one attached hydrogen (secondary N) is 1. The van der Waals surface area contributed by atoms with Gasteiger partial charge in [0.05, 0.1) is 12.7 Å². The first-order chi connectivity index (χ1) is 9.33. The van der Waals surface area contributed by atoms with Gasteiger partial charge in [-0.05, 0) is 18.4 Å². The fourth-order valence-corrected chi connectivity index (χ4v) is 2.23. The van der Waals surface area contributed by atoms with Crippen molar-refractivity contribution in [3.05, 3.63) is 42.7 Å². The molecular formula is C16H23N3. The summed E-state index contributed by atoms with van der Waals surface area (Å²) in [6.45, 7) is 6.34. The summed E-state index contributed by atoms with van der Waals surface area (Å²) in [5.74, 6) is 0. The predicted molar refractivity (Wildman–Crippen MR) is 80.0 cm³/mol. The summed E-state index contributed by atoms with van der Waals surface area (Å²) in [5.41, 5.74) is 2.41. The van der Waals surface area contributed by atoms with Crippen LogP contribution >= 0.6 is 0 Å². The summed E-state index contributed by atoms with van der Waals surface area (Å²) in [6, 6.07) is 11.0. The highest BCUT2D eigenvalue weighted by atomic mass is 15.3. The first-order valence-corrected chi connectivity index (χ1v) is 7.14. The van der Waals surface area contributed by atoms with Crippen LogP contribution in [0.15, 0.2) is 42.7 Å². The highest BCUT2D eigenvalue weighted by molar-refractivity contribution is 5.61. The molecule has 0 atom stereocenters. The van der Waals surface area contributed by atoms with E-state index >= 15 is 0 Å². The molecule has 0 unspecified atom stereocenters.